The maximum Gasteiger partial charge on any atom is 0.318 e. The number of aromatic amines is 1. The molecule has 1 aromatic heterocycles. The molecule has 0 spiro atoms. The third-order valence-corrected chi connectivity index (χ3v) is 7.30. The summed E-state index contributed by atoms with van der Waals surface area (Å²) in [6, 6.07) is 16.0. The number of nitrogens with zero attached hydrogens (tertiary/aromatic N) is 2. The number of carbonyl (C=O) groups excluding carboxylic acids is 2. The molecule has 33 heavy (non-hydrogen) atoms. The normalized spacial score (nSPS) is 21.6. The van der Waals surface area contributed by atoms with Crippen molar-refractivity contribution < 1.29 is 9.59 Å². The van der Waals surface area contributed by atoms with Crippen molar-refractivity contribution in [1.29, 1.82) is 0 Å². The van der Waals surface area contributed by atoms with Crippen LogP contribution in [-0.4, -0.2) is 52.4 Å². The zero-order valence-corrected chi connectivity index (χ0v) is 18.6. The fourth-order valence-electron chi connectivity index (χ4n) is 5.66. The van der Waals surface area contributed by atoms with Gasteiger partial charge in [-0.05, 0) is 47.6 Å². The van der Waals surface area contributed by atoms with Crippen molar-refractivity contribution in [2.75, 3.05) is 19.6 Å². The summed E-state index contributed by atoms with van der Waals surface area (Å²) in [6.07, 6.45) is 7.09. The molecule has 2 N–H and O–H groups in total. The van der Waals surface area contributed by atoms with E-state index in [1.807, 2.05) is 46.2 Å². The number of urea groups is 1. The lowest BCUT2D eigenvalue weighted by molar-refractivity contribution is -0.133. The molecule has 6 nitrogen and oxygen atoms in total. The van der Waals surface area contributed by atoms with Crippen molar-refractivity contribution in [1.82, 2.24) is 20.1 Å². The van der Waals surface area contributed by atoms with E-state index in [4.69, 9.17) is 0 Å². The third-order valence-electron chi connectivity index (χ3n) is 7.30. The highest BCUT2D eigenvalue weighted by atomic mass is 16.2. The first-order valence-corrected chi connectivity index (χ1v) is 11.9. The Hall–Kier alpha value is -3.54. The predicted octanol–water partition coefficient (Wildman–Crippen LogP) is 3.94. The number of nitrogens with one attached hydrogen (secondary N) is 2. The number of fused-ring (bicyclic) bond motifs is 2. The summed E-state index contributed by atoms with van der Waals surface area (Å²) in [5, 5.41) is 4.32. The Morgan fingerprint density at radius 3 is 2.67 bits per heavy atom. The number of aromatic nitrogens is 1. The summed E-state index contributed by atoms with van der Waals surface area (Å²) in [7, 11) is 0. The molecule has 0 radical (unpaired) electrons. The highest BCUT2D eigenvalue weighted by Crippen LogP contribution is 2.41. The van der Waals surface area contributed by atoms with Crippen LogP contribution in [0.3, 0.4) is 0 Å². The molecule has 6 heteroatoms. The molecule has 2 atom stereocenters. The Bertz CT molecular complexity index is 1240. The molecule has 168 valence electrons. The number of likely N-dealkylation sites (tertiary alicyclic amines) is 1. The molecule has 0 saturated carbocycles. The van der Waals surface area contributed by atoms with Crippen molar-refractivity contribution in [3.8, 4) is 0 Å². The SMILES string of the molecule is O=C([C@@H]1C=C2c3cccc4[nH]cc(c34)C[C@H]2N(C(=O)NCc2ccccc2)C1)N1CCCC1. The number of hydrogen-bond donors (Lipinski definition) is 2. The third kappa shape index (κ3) is 3.50. The Balaban J connectivity index is 1.35. The van der Waals surface area contributed by atoms with Crippen LogP contribution in [0.5, 0.6) is 0 Å². The minimum absolute atomic E-state index is 0.0719. The maximum absolute atomic E-state index is 13.5. The number of amides is 3. The number of carbonyl (C=O) groups is 2. The average molecular weight is 441 g/mol. The largest absolute Gasteiger partial charge is 0.361 e. The summed E-state index contributed by atoms with van der Waals surface area (Å²) in [6.45, 7) is 2.52. The second-order valence-electron chi connectivity index (χ2n) is 9.32. The van der Waals surface area contributed by atoms with Crippen molar-refractivity contribution in [2.45, 2.75) is 31.8 Å². The molecule has 3 aliphatic rings. The van der Waals surface area contributed by atoms with Gasteiger partial charge in [-0.2, -0.15) is 0 Å². The summed E-state index contributed by atoms with van der Waals surface area (Å²) < 4.78 is 0. The molecule has 2 aromatic carbocycles. The predicted molar refractivity (Wildman–Crippen MR) is 128 cm³/mol. The summed E-state index contributed by atoms with van der Waals surface area (Å²) >= 11 is 0. The van der Waals surface area contributed by atoms with Crippen LogP contribution in [0, 0.1) is 5.92 Å². The summed E-state index contributed by atoms with van der Waals surface area (Å²) in [4.78, 5) is 34.1. The fourth-order valence-corrected chi connectivity index (χ4v) is 5.66. The van der Waals surface area contributed by atoms with Crippen molar-refractivity contribution in [3.63, 3.8) is 0 Å². The minimum Gasteiger partial charge on any atom is -0.361 e. The van der Waals surface area contributed by atoms with Gasteiger partial charge in [0, 0.05) is 43.3 Å². The molecule has 2 aliphatic heterocycles. The molecule has 1 fully saturated rings. The second kappa shape index (κ2) is 8.10. The Labute approximate surface area is 193 Å². The second-order valence-corrected chi connectivity index (χ2v) is 9.32. The molecular formula is C27H28N4O2. The van der Waals surface area contributed by atoms with Gasteiger partial charge in [-0.1, -0.05) is 48.5 Å². The van der Waals surface area contributed by atoms with Crippen LogP contribution >= 0.6 is 0 Å². The van der Waals surface area contributed by atoms with Gasteiger partial charge in [0.15, 0.2) is 0 Å². The highest BCUT2D eigenvalue weighted by molar-refractivity contribution is 6.00. The first-order chi connectivity index (χ1) is 16.2. The molecule has 0 unspecified atom stereocenters. The van der Waals surface area contributed by atoms with Gasteiger partial charge in [-0.25, -0.2) is 4.79 Å². The number of hydrogen-bond acceptors (Lipinski definition) is 2. The topological polar surface area (TPSA) is 68.4 Å². The van der Waals surface area contributed by atoms with Crippen LogP contribution in [0.2, 0.25) is 0 Å². The van der Waals surface area contributed by atoms with E-state index in [0.717, 1.165) is 54.6 Å². The Kier molecular flexibility index (Phi) is 4.93. The molecular weight excluding hydrogens is 412 g/mol. The van der Waals surface area contributed by atoms with Crippen LogP contribution in [0.4, 0.5) is 4.79 Å². The lowest BCUT2D eigenvalue weighted by atomic mass is 9.79. The van der Waals surface area contributed by atoms with E-state index in [2.05, 4.69) is 34.7 Å². The Morgan fingerprint density at radius 1 is 1.03 bits per heavy atom. The van der Waals surface area contributed by atoms with Gasteiger partial charge in [0.25, 0.3) is 0 Å². The molecule has 3 aromatic rings. The van der Waals surface area contributed by atoms with Crippen LogP contribution in [0.25, 0.3) is 16.5 Å². The van der Waals surface area contributed by atoms with Crippen LogP contribution in [0.1, 0.15) is 29.5 Å². The van der Waals surface area contributed by atoms with Gasteiger partial charge in [0.05, 0.1) is 12.0 Å². The van der Waals surface area contributed by atoms with Crippen molar-refractivity contribution in [3.05, 3.63) is 77.5 Å². The van der Waals surface area contributed by atoms with Crippen molar-refractivity contribution >= 4 is 28.4 Å². The molecule has 3 amide bonds. The first-order valence-electron chi connectivity index (χ1n) is 11.9. The van der Waals surface area contributed by atoms with E-state index >= 15 is 0 Å². The summed E-state index contributed by atoms with van der Waals surface area (Å²) in [5.74, 6) is -0.168. The first kappa shape index (κ1) is 20.1. The van der Waals surface area contributed by atoms with E-state index in [0.29, 0.717) is 13.1 Å². The van der Waals surface area contributed by atoms with Crippen LogP contribution in [-0.2, 0) is 17.8 Å². The quantitative estimate of drug-likeness (QED) is 0.648. The lowest BCUT2D eigenvalue weighted by Gasteiger charge is -2.42. The molecule has 1 aliphatic carbocycles. The molecule has 0 bridgehead atoms. The molecule has 6 rings (SSSR count). The monoisotopic (exact) mass is 440 g/mol. The Morgan fingerprint density at radius 2 is 1.85 bits per heavy atom. The van der Waals surface area contributed by atoms with E-state index in [-0.39, 0.29) is 23.9 Å². The van der Waals surface area contributed by atoms with Crippen molar-refractivity contribution in [2.24, 2.45) is 5.92 Å². The zero-order chi connectivity index (χ0) is 22.4. The van der Waals surface area contributed by atoms with Gasteiger partial charge in [-0.15, -0.1) is 0 Å². The van der Waals surface area contributed by atoms with Gasteiger partial charge < -0.3 is 20.1 Å². The van der Waals surface area contributed by atoms with E-state index < -0.39 is 0 Å². The van der Waals surface area contributed by atoms with Crippen LogP contribution in [0.15, 0.2) is 60.8 Å². The van der Waals surface area contributed by atoms with E-state index in [1.165, 1.54) is 10.9 Å². The van der Waals surface area contributed by atoms with Gasteiger partial charge >= 0.3 is 6.03 Å². The van der Waals surface area contributed by atoms with Gasteiger partial charge in [0.2, 0.25) is 5.91 Å². The number of H-pyrrole nitrogens is 1. The smallest absolute Gasteiger partial charge is 0.318 e. The van der Waals surface area contributed by atoms with Crippen LogP contribution < -0.4 is 5.32 Å². The summed E-state index contributed by atoms with van der Waals surface area (Å²) in [5.41, 5.74) is 5.64. The molecule has 1 saturated heterocycles. The maximum atomic E-state index is 13.5. The van der Waals surface area contributed by atoms with E-state index in [9.17, 15) is 9.59 Å². The number of benzene rings is 2. The zero-order valence-electron chi connectivity index (χ0n) is 18.6. The lowest BCUT2D eigenvalue weighted by Crippen LogP contribution is -2.54. The van der Waals surface area contributed by atoms with E-state index in [1.54, 1.807) is 0 Å². The minimum atomic E-state index is -0.312. The highest BCUT2D eigenvalue weighted by Gasteiger charge is 2.40. The number of rotatable bonds is 3. The average Bonchev–Trinajstić information content (AvgIpc) is 3.54. The van der Waals surface area contributed by atoms with Gasteiger partial charge in [0.1, 0.15) is 0 Å². The standard InChI is InChI=1S/C27H28N4O2/c32-26(30-11-4-5-12-30)20-13-22-21-9-6-10-23-25(21)19(16-28-23)14-24(22)31(17-20)27(33)29-15-18-7-2-1-3-8-18/h1-3,6-10,13,16,20,24,28H,4-5,11-12,14-15,17H2,(H,29,33)/t20-,24-/m1/s1. The van der Waals surface area contributed by atoms with Gasteiger partial charge in [-0.3, -0.25) is 4.79 Å². The fraction of sp³-hybridized carbons (Fsp3) is 0.333. The molecule has 3 heterocycles.